The second kappa shape index (κ2) is 8.40. The van der Waals surface area contributed by atoms with E-state index in [0.29, 0.717) is 0 Å². The summed E-state index contributed by atoms with van der Waals surface area (Å²) in [4.78, 5) is 0. The molecular formula is C16H23N. The van der Waals surface area contributed by atoms with E-state index >= 15 is 0 Å². The molecule has 0 radical (unpaired) electrons. The first-order chi connectivity index (χ1) is 8.06. The predicted octanol–water partition coefficient (Wildman–Crippen LogP) is 4.65. The highest BCUT2D eigenvalue weighted by molar-refractivity contribution is 5.37. The van der Waals surface area contributed by atoms with E-state index < -0.39 is 0 Å². The first kappa shape index (κ1) is 15.2. The van der Waals surface area contributed by atoms with Crippen LogP contribution >= 0.6 is 0 Å². The number of nitrogens with one attached hydrogen (secondary N) is 1. The van der Waals surface area contributed by atoms with Gasteiger partial charge in [0.2, 0.25) is 0 Å². The third-order valence-electron chi connectivity index (χ3n) is 2.44. The van der Waals surface area contributed by atoms with Crippen molar-refractivity contribution in [1.29, 1.82) is 0 Å². The van der Waals surface area contributed by atoms with Crippen LogP contribution in [0.25, 0.3) is 0 Å². The monoisotopic (exact) mass is 229 g/mol. The predicted molar refractivity (Wildman–Crippen MR) is 78.6 cm³/mol. The molecule has 92 valence electrons. The average molecular weight is 229 g/mol. The summed E-state index contributed by atoms with van der Waals surface area (Å²) >= 11 is 0. The molecule has 0 aliphatic heterocycles. The summed E-state index contributed by atoms with van der Waals surface area (Å²) in [6.45, 7) is 15.8. The van der Waals surface area contributed by atoms with Crippen molar-refractivity contribution in [3.63, 3.8) is 0 Å². The lowest BCUT2D eigenvalue weighted by atomic mass is 10.1. The van der Waals surface area contributed by atoms with Crippen molar-refractivity contribution in [3.8, 4) is 0 Å². The van der Waals surface area contributed by atoms with Gasteiger partial charge in [-0.2, -0.15) is 0 Å². The summed E-state index contributed by atoms with van der Waals surface area (Å²) in [6, 6.07) is 0. The number of allylic oxidation sites excluding steroid dienone is 8. The molecule has 0 saturated heterocycles. The van der Waals surface area contributed by atoms with Crippen molar-refractivity contribution >= 4 is 0 Å². The maximum atomic E-state index is 4.02. The van der Waals surface area contributed by atoms with Crippen molar-refractivity contribution in [2.45, 2.75) is 27.7 Å². The molecule has 0 atom stereocenters. The molecule has 0 bridgehead atoms. The Hall–Kier alpha value is -1.76. The Balaban J connectivity index is 5.09. The van der Waals surface area contributed by atoms with Gasteiger partial charge in [-0.15, -0.1) is 0 Å². The van der Waals surface area contributed by atoms with Crippen LogP contribution in [-0.2, 0) is 0 Å². The van der Waals surface area contributed by atoms with E-state index in [-0.39, 0.29) is 0 Å². The van der Waals surface area contributed by atoms with Crippen LogP contribution in [0.15, 0.2) is 72.2 Å². The van der Waals surface area contributed by atoms with E-state index in [0.717, 1.165) is 22.5 Å². The van der Waals surface area contributed by atoms with Gasteiger partial charge in [0.15, 0.2) is 0 Å². The SMILES string of the molecule is C=C/C=C/C(NC(=C)/C(C)=C/C)=C(C)\C=C/C. The fraction of sp³-hybridized carbons (Fsp3) is 0.250. The molecule has 0 rings (SSSR count). The van der Waals surface area contributed by atoms with Crippen molar-refractivity contribution < 1.29 is 0 Å². The minimum atomic E-state index is 0.917. The largest absolute Gasteiger partial charge is 0.356 e. The third kappa shape index (κ3) is 5.76. The Kier molecular flexibility index (Phi) is 7.53. The minimum Gasteiger partial charge on any atom is -0.356 e. The molecule has 0 unspecified atom stereocenters. The van der Waals surface area contributed by atoms with Crippen molar-refractivity contribution in [1.82, 2.24) is 5.32 Å². The smallest absolute Gasteiger partial charge is 0.0413 e. The lowest BCUT2D eigenvalue weighted by molar-refractivity contribution is 0.999. The minimum absolute atomic E-state index is 0.917. The molecular weight excluding hydrogens is 206 g/mol. The molecule has 1 N–H and O–H groups in total. The Morgan fingerprint density at radius 3 is 2.24 bits per heavy atom. The van der Waals surface area contributed by atoms with Crippen LogP contribution in [0, 0.1) is 0 Å². The van der Waals surface area contributed by atoms with E-state index in [2.05, 4.69) is 31.5 Å². The highest BCUT2D eigenvalue weighted by Gasteiger charge is 2.00. The van der Waals surface area contributed by atoms with Gasteiger partial charge in [-0.25, -0.2) is 0 Å². The lowest BCUT2D eigenvalue weighted by Crippen LogP contribution is -2.12. The van der Waals surface area contributed by atoms with Crippen LogP contribution in [0.4, 0.5) is 0 Å². The van der Waals surface area contributed by atoms with Crippen LogP contribution in [0.2, 0.25) is 0 Å². The van der Waals surface area contributed by atoms with E-state index in [1.807, 2.05) is 45.1 Å². The molecule has 0 amide bonds. The van der Waals surface area contributed by atoms with Gasteiger partial charge >= 0.3 is 0 Å². The van der Waals surface area contributed by atoms with Gasteiger partial charge in [-0.05, 0) is 44.9 Å². The number of hydrogen-bond acceptors (Lipinski definition) is 1. The molecule has 17 heavy (non-hydrogen) atoms. The van der Waals surface area contributed by atoms with Crippen molar-refractivity contribution in [2.24, 2.45) is 0 Å². The molecule has 1 heteroatoms. The summed E-state index contributed by atoms with van der Waals surface area (Å²) in [7, 11) is 0. The summed E-state index contributed by atoms with van der Waals surface area (Å²) in [5.74, 6) is 0. The molecule has 0 aromatic heterocycles. The standard InChI is InChI=1S/C16H23N/c1-7-10-12-16(14(5)11-8-2)17-15(6)13(4)9-3/h7-12,17H,1,6H2,2-5H3/b11-8-,12-10+,13-9+,16-14+. The first-order valence-electron chi connectivity index (χ1n) is 5.78. The maximum Gasteiger partial charge on any atom is 0.0413 e. The zero-order valence-electron chi connectivity index (χ0n) is 11.4. The first-order valence-corrected chi connectivity index (χ1v) is 5.78. The van der Waals surface area contributed by atoms with E-state index in [1.165, 1.54) is 0 Å². The molecule has 0 heterocycles. The van der Waals surface area contributed by atoms with Crippen LogP contribution in [0.1, 0.15) is 27.7 Å². The zero-order valence-corrected chi connectivity index (χ0v) is 11.4. The molecule has 0 spiro atoms. The van der Waals surface area contributed by atoms with E-state index in [4.69, 9.17) is 0 Å². The highest BCUT2D eigenvalue weighted by atomic mass is 14.9. The second-order valence-corrected chi connectivity index (χ2v) is 3.77. The molecule has 1 nitrogen and oxygen atoms in total. The Labute approximate surface area is 106 Å². The van der Waals surface area contributed by atoms with Crippen LogP contribution < -0.4 is 5.32 Å². The second-order valence-electron chi connectivity index (χ2n) is 3.77. The Bertz CT molecular complexity index is 390. The topological polar surface area (TPSA) is 12.0 Å². The molecule has 0 saturated carbocycles. The molecule has 0 aromatic rings. The van der Waals surface area contributed by atoms with E-state index in [9.17, 15) is 0 Å². The van der Waals surface area contributed by atoms with Gasteiger partial charge in [0.05, 0.1) is 0 Å². The van der Waals surface area contributed by atoms with Crippen molar-refractivity contribution in [3.05, 3.63) is 72.2 Å². The van der Waals surface area contributed by atoms with Crippen LogP contribution in [0.5, 0.6) is 0 Å². The normalized spacial score (nSPS) is 14.0. The zero-order chi connectivity index (χ0) is 13.3. The molecule has 0 aliphatic carbocycles. The average Bonchev–Trinajstić information content (AvgIpc) is 2.33. The molecule has 0 aromatic carbocycles. The Morgan fingerprint density at radius 2 is 1.76 bits per heavy atom. The van der Waals surface area contributed by atoms with Gasteiger partial charge in [-0.1, -0.05) is 43.5 Å². The number of rotatable bonds is 6. The van der Waals surface area contributed by atoms with Gasteiger partial charge in [-0.3, -0.25) is 0 Å². The van der Waals surface area contributed by atoms with Gasteiger partial charge in [0.25, 0.3) is 0 Å². The summed E-state index contributed by atoms with van der Waals surface area (Å²) < 4.78 is 0. The maximum absolute atomic E-state index is 4.02. The third-order valence-corrected chi connectivity index (χ3v) is 2.44. The summed E-state index contributed by atoms with van der Waals surface area (Å²) in [5.41, 5.74) is 4.26. The fourth-order valence-corrected chi connectivity index (χ4v) is 1.21. The van der Waals surface area contributed by atoms with E-state index in [1.54, 1.807) is 6.08 Å². The summed E-state index contributed by atoms with van der Waals surface area (Å²) in [5, 5.41) is 3.32. The number of hydrogen-bond donors (Lipinski definition) is 1. The van der Waals surface area contributed by atoms with Crippen LogP contribution in [-0.4, -0.2) is 0 Å². The fourth-order valence-electron chi connectivity index (χ4n) is 1.21. The van der Waals surface area contributed by atoms with Gasteiger partial charge < -0.3 is 5.32 Å². The van der Waals surface area contributed by atoms with Crippen LogP contribution in [0.3, 0.4) is 0 Å². The summed E-state index contributed by atoms with van der Waals surface area (Å²) in [6.07, 6.45) is 11.8. The lowest BCUT2D eigenvalue weighted by Gasteiger charge is -2.12. The molecule has 0 aliphatic rings. The molecule has 0 fully saturated rings. The van der Waals surface area contributed by atoms with Gasteiger partial charge in [0.1, 0.15) is 0 Å². The van der Waals surface area contributed by atoms with Gasteiger partial charge in [0, 0.05) is 11.4 Å². The quantitative estimate of drug-likeness (QED) is 0.654. The van der Waals surface area contributed by atoms with Crippen molar-refractivity contribution in [2.75, 3.05) is 0 Å². The Morgan fingerprint density at radius 1 is 1.12 bits per heavy atom. The highest BCUT2D eigenvalue weighted by Crippen LogP contribution is 2.10.